The van der Waals surface area contributed by atoms with Crippen molar-refractivity contribution in [2.45, 2.75) is 19.4 Å². The predicted molar refractivity (Wildman–Crippen MR) is 92.8 cm³/mol. The summed E-state index contributed by atoms with van der Waals surface area (Å²) < 4.78 is 19.5. The first-order valence-corrected chi connectivity index (χ1v) is 8.48. The van der Waals surface area contributed by atoms with Gasteiger partial charge in [-0.1, -0.05) is 12.1 Å². The zero-order valence-electron chi connectivity index (χ0n) is 13.2. The maximum Gasteiger partial charge on any atom is 0.260 e. The van der Waals surface area contributed by atoms with Crippen molar-refractivity contribution in [1.82, 2.24) is 10.3 Å². The lowest BCUT2D eigenvalue weighted by Gasteiger charge is -2.14. The van der Waals surface area contributed by atoms with Gasteiger partial charge in [-0.2, -0.15) is 0 Å². The van der Waals surface area contributed by atoms with E-state index in [-0.39, 0.29) is 11.7 Å². The predicted octanol–water partition coefficient (Wildman–Crippen LogP) is 3.56. The second-order valence-electron chi connectivity index (χ2n) is 5.33. The summed E-state index contributed by atoms with van der Waals surface area (Å²) in [7, 11) is 0. The zero-order valence-corrected chi connectivity index (χ0v) is 14.0. The topological polar surface area (TPSA) is 51.2 Å². The minimum absolute atomic E-state index is 0.208. The summed E-state index contributed by atoms with van der Waals surface area (Å²) >= 11 is 1.63. The van der Waals surface area contributed by atoms with E-state index in [2.05, 4.69) is 10.3 Å². The molecule has 4 nitrogen and oxygen atoms in total. The molecule has 1 atom stereocenters. The second kappa shape index (κ2) is 7.40. The van der Waals surface area contributed by atoms with E-state index in [0.29, 0.717) is 18.7 Å². The Morgan fingerprint density at radius 3 is 2.75 bits per heavy atom. The van der Waals surface area contributed by atoms with Crippen LogP contribution in [0.15, 0.2) is 48.5 Å². The number of ether oxygens (including phenoxy) is 1. The fourth-order valence-corrected chi connectivity index (χ4v) is 3.20. The van der Waals surface area contributed by atoms with Crippen LogP contribution in [0.3, 0.4) is 0 Å². The molecular formula is C18H17FN2O2S. The lowest BCUT2D eigenvalue weighted by atomic mass is 10.3. The van der Waals surface area contributed by atoms with Gasteiger partial charge in [0.1, 0.15) is 11.6 Å². The van der Waals surface area contributed by atoms with E-state index in [9.17, 15) is 9.18 Å². The smallest absolute Gasteiger partial charge is 0.260 e. The van der Waals surface area contributed by atoms with Crippen molar-refractivity contribution in [1.29, 1.82) is 0 Å². The Morgan fingerprint density at radius 2 is 2.00 bits per heavy atom. The quantitative estimate of drug-likeness (QED) is 0.744. The van der Waals surface area contributed by atoms with E-state index in [1.165, 1.54) is 24.3 Å². The molecule has 0 aliphatic heterocycles. The van der Waals surface area contributed by atoms with Crippen molar-refractivity contribution in [3.05, 3.63) is 59.4 Å². The lowest BCUT2D eigenvalue weighted by molar-refractivity contribution is -0.127. The van der Waals surface area contributed by atoms with Gasteiger partial charge in [-0.3, -0.25) is 4.79 Å². The molecule has 1 amide bonds. The third kappa shape index (κ3) is 4.08. The summed E-state index contributed by atoms with van der Waals surface area (Å²) in [5, 5.41) is 3.82. The Labute approximate surface area is 143 Å². The molecule has 1 N–H and O–H groups in total. The molecule has 0 aliphatic carbocycles. The highest BCUT2D eigenvalue weighted by molar-refractivity contribution is 7.18. The molecule has 0 fully saturated rings. The van der Waals surface area contributed by atoms with Crippen LogP contribution in [0, 0.1) is 5.82 Å². The summed E-state index contributed by atoms with van der Waals surface area (Å²) in [6, 6.07) is 13.6. The summed E-state index contributed by atoms with van der Waals surface area (Å²) in [6.07, 6.45) is 0.0276. The summed E-state index contributed by atoms with van der Waals surface area (Å²) in [6.45, 7) is 2.16. The molecule has 0 aliphatic rings. The molecule has 0 spiro atoms. The first-order chi connectivity index (χ1) is 11.6. The van der Waals surface area contributed by atoms with Gasteiger partial charge in [0.05, 0.1) is 15.2 Å². The van der Waals surface area contributed by atoms with E-state index in [0.717, 1.165) is 15.2 Å². The number of para-hydroxylation sites is 1. The average molecular weight is 344 g/mol. The van der Waals surface area contributed by atoms with Crippen molar-refractivity contribution in [2.24, 2.45) is 0 Å². The molecule has 24 heavy (non-hydrogen) atoms. The molecule has 6 heteroatoms. The highest BCUT2D eigenvalue weighted by atomic mass is 32.1. The van der Waals surface area contributed by atoms with Crippen LogP contribution in [-0.4, -0.2) is 23.5 Å². The molecule has 1 heterocycles. The van der Waals surface area contributed by atoms with Gasteiger partial charge in [-0.05, 0) is 43.3 Å². The number of halogens is 1. The average Bonchev–Trinajstić information content (AvgIpc) is 2.99. The van der Waals surface area contributed by atoms with Crippen LogP contribution >= 0.6 is 11.3 Å². The molecule has 0 radical (unpaired) electrons. The van der Waals surface area contributed by atoms with Gasteiger partial charge in [-0.15, -0.1) is 11.3 Å². The van der Waals surface area contributed by atoms with E-state index < -0.39 is 6.10 Å². The van der Waals surface area contributed by atoms with E-state index in [1.54, 1.807) is 18.3 Å². The lowest BCUT2D eigenvalue weighted by Crippen LogP contribution is -2.37. The number of hydrogen-bond donors (Lipinski definition) is 1. The van der Waals surface area contributed by atoms with Gasteiger partial charge < -0.3 is 10.1 Å². The van der Waals surface area contributed by atoms with Crippen LogP contribution < -0.4 is 10.1 Å². The third-order valence-electron chi connectivity index (χ3n) is 3.47. The Balaban J connectivity index is 1.48. The summed E-state index contributed by atoms with van der Waals surface area (Å²) in [5.41, 5.74) is 0.983. The Hall–Kier alpha value is -2.47. The summed E-state index contributed by atoms with van der Waals surface area (Å²) in [4.78, 5) is 16.6. The van der Waals surface area contributed by atoms with Crippen molar-refractivity contribution >= 4 is 27.5 Å². The number of rotatable bonds is 6. The largest absolute Gasteiger partial charge is 0.481 e. The molecule has 0 bridgehead atoms. The fourth-order valence-electron chi connectivity index (χ4n) is 2.23. The maximum atomic E-state index is 12.8. The van der Waals surface area contributed by atoms with Crippen molar-refractivity contribution in [2.75, 3.05) is 6.54 Å². The monoisotopic (exact) mass is 344 g/mol. The molecule has 1 unspecified atom stereocenters. The minimum atomic E-state index is -0.647. The number of benzene rings is 2. The SMILES string of the molecule is CC(Oc1ccc(F)cc1)C(=O)NCCc1nc2ccccc2s1. The van der Waals surface area contributed by atoms with Gasteiger partial charge >= 0.3 is 0 Å². The number of thiazole rings is 1. The normalized spacial score (nSPS) is 12.1. The van der Waals surface area contributed by atoms with E-state index in [4.69, 9.17) is 4.74 Å². The van der Waals surface area contributed by atoms with Crippen LogP contribution in [-0.2, 0) is 11.2 Å². The third-order valence-corrected chi connectivity index (χ3v) is 4.57. The standard InChI is InChI=1S/C18H17FN2O2S/c1-12(23-14-8-6-13(19)7-9-14)18(22)20-11-10-17-21-15-4-2-3-5-16(15)24-17/h2-9,12H,10-11H2,1H3,(H,20,22). The van der Waals surface area contributed by atoms with E-state index >= 15 is 0 Å². The Morgan fingerprint density at radius 1 is 1.25 bits per heavy atom. The first-order valence-electron chi connectivity index (χ1n) is 7.66. The number of amides is 1. The van der Waals surface area contributed by atoms with Crippen LogP contribution in [0.2, 0.25) is 0 Å². The van der Waals surface area contributed by atoms with E-state index in [1.807, 2.05) is 24.3 Å². The number of fused-ring (bicyclic) bond motifs is 1. The number of carbonyl (C=O) groups excluding carboxylic acids is 1. The first kappa shape index (κ1) is 16.4. The van der Waals surface area contributed by atoms with Gasteiger partial charge in [-0.25, -0.2) is 9.37 Å². The van der Waals surface area contributed by atoms with Crippen molar-refractivity contribution in [3.63, 3.8) is 0 Å². The molecule has 124 valence electrons. The van der Waals surface area contributed by atoms with Gasteiger partial charge in [0, 0.05) is 13.0 Å². The molecule has 0 saturated carbocycles. The maximum absolute atomic E-state index is 12.8. The highest BCUT2D eigenvalue weighted by Gasteiger charge is 2.14. The minimum Gasteiger partial charge on any atom is -0.481 e. The molecular weight excluding hydrogens is 327 g/mol. The second-order valence-corrected chi connectivity index (χ2v) is 6.45. The van der Waals surface area contributed by atoms with Crippen molar-refractivity contribution < 1.29 is 13.9 Å². The molecule has 2 aromatic carbocycles. The Kier molecular flexibility index (Phi) is 5.05. The fraction of sp³-hybridized carbons (Fsp3) is 0.222. The van der Waals surface area contributed by atoms with Crippen molar-refractivity contribution in [3.8, 4) is 5.75 Å². The van der Waals surface area contributed by atoms with Crippen LogP contribution in [0.25, 0.3) is 10.2 Å². The van der Waals surface area contributed by atoms with Gasteiger partial charge in [0.2, 0.25) is 0 Å². The number of aromatic nitrogens is 1. The van der Waals surface area contributed by atoms with Crippen LogP contribution in [0.5, 0.6) is 5.75 Å². The van der Waals surface area contributed by atoms with Crippen LogP contribution in [0.4, 0.5) is 4.39 Å². The number of carbonyl (C=O) groups is 1. The van der Waals surface area contributed by atoms with Crippen LogP contribution in [0.1, 0.15) is 11.9 Å². The number of nitrogens with zero attached hydrogens (tertiary/aromatic N) is 1. The van der Waals surface area contributed by atoms with Gasteiger partial charge in [0.15, 0.2) is 6.10 Å². The van der Waals surface area contributed by atoms with Gasteiger partial charge in [0.25, 0.3) is 5.91 Å². The molecule has 3 rings (SSSR count). The highest BCUT2D eigenvalue weighted by Crippen LogP contribution is 2.21. The molecule has 3 aromatic rings. The number of nitrogens with one attached hydrogen (secondary N) is 1. The molecule has 0 saturated heterocycles. The summed E-state index contributed by atoms with van der Waals surface area (Å²) in [5.74, 6) is -0.0825. The molecule has 1 aromatic heterocycles. The Bertz CT molecular complexity index is 799. The zero-order chi connectivity index (χ0) is 16.9. The number of hydrogen-bond acceptors (Lipinski definition) is 4.